The molecular formula is C14H18ClNO3S. The van der Waals surface area contributed by atoms with Crippen LogP contribution in [0.4, 0.5) is 5.69 Å². The molecule has 3 N–H and O–H groups in total. The lowest BCUT2D eigenvalue weighted by atomic mass is 10.1. The molecule has 0 aliphatic carbocycles. The summed E-state index contributed by atoms with van der Waals surface area (Å²) in [5.41, 5.74) is 8.84. The average Bonchev–Trinajstić information content (AvgIpc) is 2.40. The Kier molecular flexibility index (Phi) is 7.91. The predicted molar refractivity (Wildman–Crippen MR) is 85.6 cm³/mol. The van der Waals surface area contributed by atoms with E-state index < -0.39 is 10.1 Å². The van der Waals surface area contributed by atoms with Crippen LogP contribution in [0.5, 0.6) is 0 Å². The van der Waals surface area contributed by atoms with Gasteiger partial charge in [0.15, 0.2) is 0 Å². The molecule has 4 nitrogen and oxygen atoms in total. The quantitative estimate of drug-likeness (QED) is 0.658. The third-order valence-corrected chi connectivity index (χ3v) is 3.11. The van der Waals surface area contributed by atoms with Crippen molar-refractivity contribution in [2.75, 3.05) is 11.5 Å². The van der Waals surface area contributed by atoms with Crippen LogP contribution >= 0.6 is 12.4 Å². The van der Waals surface area contributed by atoms with Crippen molar-refractivity contribution in [3.05, 3.63) is 54.6 Å². The van der Waals surface area contributed by atoms with E-state index in [9.17, 15) is 8.42 Å². The number of anilines is 1. The second kappa shape index (κ2) is 8.58. The zero-order valence-corrected chi connectivity index (χ0v) is 12.7. The molecule has 0 saturated heterocycles. The van der Waals surface area contributed by atoms with Gasteiger partial charge in [0.2, 0.25) is 0 Å². The average molecular weight is 316 g/mol. The number of nitrogens with two attached hydrogens (primary N) is 1. The van der Waals surface area contributed by atoms with Gasteiger partial charge in [0, 0.05) is 5.69 Å². The molecule has 2 rings (SSSR count). The molecule has 0 atom stereocenters. The summed E-state index contributed by atoms with van der Waals surface area (Å²) in [6, 6.07) is 18.2. The first-order valence-corrected chi connectivity index (χ1v) is 7.39. The van der Waals surface area contributed by atoms with Gasteiger partial charge >= 0.3 is 0 Å². The fourth-order valence-electron chi connectivity index (χ4n) is 1.31. The highest BCUT2D eigenvalue weighted by Gasteiger charge is 1.94. The van der Waals surface area contributed by atoms with Crippen LogP contribution in [-0.4, -0.2) is 18.7 Å². The molecule has 0 heterocycles. The lowest BCUT2D eigenvalue weighted by Crippen LogP contribution is -1.97. The van der Waals surface area contributed by atoms with Crippen LogP contribution in [0.3, 0.4) is 0 Å². The maximum Gasteiger partial charge on any atom is 0.264 e. The highest BCUT2D eigenvalue weighted by molar-refractivity contribution is 7.85. The molecule has 0 aliphatic heterocycles. The van der Waals surface area contributed by atoms with Gasteiger partial charge in [-0.15, -0.1) is 12.4 Å². The zero-order valence-electron chi connectivity index (χ0n) is 11.1. The van der Waals surface area contributed by atoms with Gasteiger partial charge in [-0.1, -0.05) is 42.5 Å². The Balaban J connectivity index is 0.000000448. The fourth-order valence-corrected chi connectivity index (χ4v) is 1.31. The van der Waals surface area contributed by atoms with Crippen molar-refractivity contribution >= 4 is 28.2 Å². The second-order valence-electron chi connectivity index (χ2n) is 3.86. The van der Waals surface area contributed by atoms with Crippen molar-refractivity contribution in [1.82, 2.24) is 0 Å². The van der Waals surface area contributed by atoms with Crippen molar-refractivity contribution in [3.63, 3.8) is 0 Å². The van der Waals surface area contributed by atoms with Gasteiger partial charge in [0.25, 0.3) is 10.1 Å². The van der Waals surface area contributed by atoms with Crippen molar-refractivity contribution in [2.45, 2.75) is 6.92 Å². The van der Waals surface area contributed by atoms with Crippen LogP contribution in [0.2, 0.25) is 0 Å². The minimum atomic E-state index is -3.66. The highest BCUT2D eigenvalue weighted by atomic mass is 35.5. The number of hydrogen-bond acceptors (Lipinski definition) is 3. The molecule has 0 aliphatic rings. The molecule has 2 aromatic carbocycles. The monoisotopic (exact) mass is 315 g/mol. The van der Waals surface area contributed by atoms with Crippen LogP contribution in [0.1, 0.15) is 6.92 Å². The predicted octanol–water partition coefficient (Wildman–Crippen LogP) is 3.25. The van der Waals surface area contributed by atoms with Gasteiger partial charge < -0.3 is 5.73 Å². The first kappa shape index (κ1) is 18.4. The summed E-state index contributed by atoms with van der Waals surface area (Å²) in [5.74, 6) is -0.201. The highest BCUT2D eigenvalue weighted by Crippen LogP contribution is 2.19. The number of hydrogen-bond donors (Lipinski definition) is 2. The lowest BCUT2D eigenvalue weighted by Gasteiger charge is -2.00. The Labute approximate surface area is 125 Å². The van der Waals surface area contributed by atoms with Gasteiger partial charge in [-0.3, -0.25) is 4.55 Å². The molecule has 0 spiro atoms. The molecular weight excluding hydrogens is 298 g/mol. The molecule has 0 bridgehead atoms. The van der Waals surface area contributed by atoms with E-state index in [1.54, 1.807) is 0 Å². The Morgan fingerprint density at radius 3 is 1.75 bits per heavy atom. The van der Waals surface area contributed by atoms with Crippen LogP contribution in [0.25, 0.3) is 11.1 Å². The van der Waals surface area contributed by atoms with Crippen LogP contribution < -0.4 is 5.73 Å². The van der Waals surface area contributed by atoms with Crippen molar-refractivity contribution in [2.24, 2.45) is 0 Å². The number of rotatable bonds is 2. The number of nitrogen functional groups attached to an aromatic ring is 1. The molecule has 2 aromatic rings. The summed E-state index contributed by atoms with van der Waals surface area (Å²) in [6.07, 6.45) is 0. The Morgan fingerprint density at radius 1 is 0.950 bits per heavy atom. The molecule has 0 amide bonds. The molecule has 0 radical (unpaired) electrons. The van der Waals surface area contributed by atoms with Gasteiger partial charge in [0.05, 0.1) is 5.75 Å². The van der Waals surface area contributed by atoms with E-state index in [1.807, 2.05) is 42.5 Å². The third kappa shape index (κ3) is 7.13. The molecule has 0 fully saturated rings. The van der Waals surface area contributed by atoms with Gasteiger partial charge in [-0.25, -0.2) is 0 Å². The van der Waals surface area contributed by atoms with E-state index in [0.29, 0.717) is 0 Å². The SMILES string of the molecule is CCS(=O)(=O)O.Cl.Nc1ccc(-c2ccccc2)cc1. The first-order valence-electron chi connectivity index (χ1n) is 5.78. The maximum absolute atomic E-state index is 9.56. The fraction of sp³-hybridized carbons (Fsp3) is 0.143. The van der Waals surface area contributed by atoms with E-state index in [2.05, 4.69) is 12.1 Å². The number of benzene rings is 2. The molecule has 0 aromatic heterocycles. The van der Waals surface area contributed by atoms with Crippen LogP contribution in [0.15, 0.2) is 54.6 Å². The van der Waals surface area contributed by atoms with Crippen LogP contribution in [0, 0.1) is 0 Å². The third-order valence-electron chi connectivity index (χ3n) is 2.38. The largest absolute Gasteiger partial charge is 0.399 e. The normalized spacial score (nSPS) is 9.90. The minimum Gasteiger partial charge on any atom is -0.399 e. The first-order chi connectivity index (χ1) is 8.92. The van der Waals surface area contributed by atoms with Gasteiger partial charge in [0.1, 0.15) is 0 Å². The number of halogens is 1. The van der Waals surface area contributed by atoms with E-state index in [-0.39, 0.29) is 18.2 Å². The standard InChI is InChI=1S/C12H11N.C2H6O3S.ClH/c13-12-8-6-11(7-9-12)10-4-2-1-3-5-10;1-2-6(3,4)5;/h1-9H,13H2;2H2,1H3,(H,3,4,5);1H. The Hall–Kier alpha value is -1.56. The van der Waals surface area contributed by atoms with E-state index in [4.69, 9.17) is 10.3 Å². The zero-order chi connectivity index (χ0) is 14.3. The molecule has 110 valence electrons. The maximum atomic E-state index is 9.56. The van der Waals surface area contributed by atoms with Crippen LogP contribution in [-0.2, 0) is 10.1 Å². The van der Waals surface area contributed by atoms with E-state index in [0.717, 1.165) is 5.69 Å². The summed E-state index contributed by atoms with van der Waals surface area (Å²) in [5, 5.41) is 0. The Bertz CT molecular complexity index is 598. The van der Waals surface area contributed by atoms with E-state index in [1.165, 1.54) is 18.1 Å². The Morgan fingerprint density at radius 2 is 1.35 bits per heavy atom. The topological polar surface area (TPSA) is 80.4 Å². The summed E-state index contributed by atoms with van der Waals surface area (Å²) in [7, 11) is -3.66. The smallest absolute Gasteiger partial charge is 0.264 e. The summed E-state index contributed by atoms with van der Waals surface area (Å²) < 4.78 is 26.9. The van der Waals surface area contributed by atoms with Gasteiger partial charge in [-0.05, 0) is 30.2 Å². The molecule has 6 heteroatoms. The van der Waals surface area contributed by atoms with E-state index >= 15 is 0 Å². The lowest BCUT2D eigenvalue weighted by molar-refractivity contribution is 0.484. The molecule has 20 heavy (non-hydrogen) atoms. The molecule has 0 saturated carbocycles. The summed E-state index contributed by atoms with van der Waals surface area (Å²) in [4.78, 5) is 0. The minimum absolute atomic E-state index is 0. The molecule has 0 unspecified atom stereocenters. The van der Waals surface area contributed by atoms with Crippen molar-refractivity contribution in [3.8, 4) is 11.1 Å². The second-order valence-corrected chi connectivity index (χ2v) is 5.60. The summed E-state index contributed by atoms with van der Waals surface area (Å²) >= 11 is 0. The summed E-state index contributed by atoms with van der Waals surface area (Å²) in [6.45, 7) is 1.37. The van der Waals surface area contributed by atoms with Crippen molar-refractivity contribution in [1.29, 1.82) is 0 Å². The van der Waals surface area contributed by atoms with Crippen molar-refractivity contribution < 1.29 is 13.0 Å². The van der Waals surface area contributed by atoms with Gasteiger partial charge in [-0.2, -0.15) is 8.42 Å².